The molecule has 0 unspecified atom stereocenters. The zero-order valence-corrected chi connectivity index (χ0v) is 17.2. The standard InChI is InChI=1S/C24H34O/c1-15(2)21-11-9-19(13-23(21)17(5)6)25-20-10-12-22(16(3)4)24(14-20)18(7)8/h9-18H,1-8H3. The third-order valence-electron chi connectivity index (χ3n) is 4.84. The highest BCUT2D eigenvalue weighted by molar-refractivity contribution is 5.44. The van der Waals surface area contributed by atoms with Crippen LogP contribution in [0.15, 0.2) is 36.4 Å². The zero-order valence-electron chi connectivity index (χ0n) is 17.2. The van der Waals surface area contributed by atoms with Gasteiger partial charge < -0.3 is 4.74 Å². The van der Waals surface area contributed by atoms with Gasteiger partial charge in [0.05, 0.1) is 0 Å². The van der Waals surface area contributed by atoms with E-state index in [1.807, 2.05) is 0 Å². The van der Waals surface area contributed by atoms with Gasteiger partial charge in [0.15, 0.2) is 0 Å². The van der Waals surface area contributed by atoms with Gasteiger partial charge in [0.1, 0.15) is 11.5 Å². The Morgan fingerprint density at radius 2 is 0.800 bits per heavy atom. The lowest BCUT2D eigenvalue weighted by Gasteiger charge is -2.19. The molecule has 1 heteroatoms. The Kier molecular flexibility index (Phi) is 6.32. The first kappa shape index (κ1) is 19.6. The maximum absolute atomic E-state index is 6.23. The van der Waals surface area contributed by atoms with Crippen LogP contribution in [0.1, 0.15) is 101 Å². The lowest BCUT2D eigenvalue weighted by atomic mass is 9.90. The van der Waals surface area contributed by atoms with E-state index in [4.69, 9.17) is 4.74 Å². The molecule has 0 amide bonds. The molecular weight excluding hydrogens is 304 g/mol. The molecule has 2 rings (SSSR count). The van der Waals surface area contributed by atoms with Gasteiger partial charge >= 0.3 is 0 Å². The van der Waals surface area contributed by atoms with Gasteiger partial charge in [-0.05, 0) is 70.2 Å². The van der Waals surface area contributed by atoms with Crippen LogP contribution in [-0.4, -0.2) is 0 Å². The van der Waals surface area contributed by atoms with E-state index in [2.05, 4.69) is 91.8 Å². The smallest absolute Gasteiger partial charge is 0.127 e. The van der Waals surface area contributed by atoms with Crippen LogP contribution in [0.3, 0.4) is 0 Å². The summed E-state index contributed by atoms with van der Waals surface area (Å²) in [6, 6.07) is 13.1. The third-order valence-corrected chi connectivity index (χ3v) is 4.84. The van der Waals surface area contributed by atoms with E-state index in [0.717, 1.165) is 11.5 Å². The van der Waals surface area contributed by atoms with Crippen molar-refractivity contribution in [3.63, 3.8) is 0 Å². The number of ether oxygens (including phenoxy) is 1. The summed E-state index contributed by atoms with van der Waals surface area (Å²) < 4.78 is 6.23. The SMILES string of the molecule is CC(C)c1ccc(Oc2ccc(C(C)C)c(C(C)C)c2)cc1C(C)C. The van der Waals surface area contributed by atoms with E-state index < -0.39 is 0 Å². The molecule has 1 nitrogen and oxygen atoms in total. The molecule has 2 aromatic rings. The van der Waals surface area contributed by atoms with Gasteiger partial charge in [-0.15, -0.1) is 0 Å². The molecule has 2 aromatic carbocycles. The van der Waals surface area contributed by atoms with Crippen LogP contribution >= 0.6 is 0 Å². The van der Waals surface area contributed by atoms with Gasteiger partial charge in [-0.25, -0.2) is 0 Å². The average Bonchev–Trinajstić information content (AvgIpc) is 2.54. The molecular formula is C24H34O. The van der Waals surface area contributed by atoms with Crippen molar-refractivity contribution in [1.82, 2.24) is 0 Å². The summed E-state index contributed by atoms with van der Waals surface area (Å²) in [7, 11) is 0. The summed E-state index contributed by atoms with van der Waals surface area (Å²) in [4.78, 5) is 0. The molecule has 136 valence electrons. The molecule has 0 aromatic heterocycles. The van der Waals surface area contributed by atoms with Crippen molar-refractivity contribution in [2.45, 2.75) is 79.1 Å². The molecule has 0 radical (unpaired) electrons. The van der Waals surface area contributed by atoms with Crippen LogP contribution in [0, 0.1) is 0 Å². The molecule has 0 heterocycles. The number of hydrogen-bond acceptors (Lipinski definition) is 1. The molecule has 0 aliphatic carbocycles. The molecule has 0 saturated carbocycles. The molecule has 0 aliphatic heterocycles. The molecule has 25 heavy (non-hydrogen) atoms. The Balaban J connectivity index is 2.36. The van der Waals surface area contributed by atoms with Crippen molar-refractivity contribution >= 4 is 0 Å². The zero-order chi connectivity index (χ0) is 18.7. The molecule has 0 spiro atoms. The Labute approximate surface area is 154 Å². The lowest BCUT2D eigenvalue weighted by molar-refractivity contribution is 0.479. The predicted molar refractivity (Wildman–Crippen MR) is 109 cm³/mol. The minimum atomic E-state index is 0.496. The molecule has 0 atom stereocenters. The van der Waals surface area contributed by atoms with Crippen molar-refractivity contribution in [3.8, 4) is 11.5 Å². The summed E-state index contributed by atoms with van der Waals surface area (Å²) in [6.45, 7) is 18.0. The van der Waals surface area contributed by atoms with Gasteiger partial charge in [-0.3, -0.25) is 0 Å². The van der Waals surface area contributed by atoms with E-state index >= 15 is 0 Å². The van der Waals surface area contributed by atoms with E-state index in [1.165, 1.54) is 22.3 Å². The van der Waals surface area contributed by atoms with Crippen LogP contribution in [0.2, 0.25) is 0 Å². The maximum atomic E-state index is 6.23. The van der Waals surface area contributed by atoms with Gasteiger partial charge in [0, 0.05) is 0 Å². The first-order valence-corrected chi connectivity index (χ1v) is 9.66. The normalized spacial score (nSPS) is 11.8. The van der Waals surface area contributed by atoms with Crippen LogP contribution < -0.4 is 4.74 Å². The molecule has 0 fully saturated rings. The van der Waals surface area contributed by atoms with Crippen molar-refractivity contribution < 1.29 is 4.74 Å². The van der Waals surface area contributed by atoms with Crippen molar-refractivity contribution in [3.05, 3.63) is 58.7 Å². The van der Waals surface area contributed by atoms with Crippen LogP contribution in [-0.2, 0) is 0 Å². The quantitative estimate of drug-likeness (QED) is 0.519. The highest BCUT2D eigenvalue weighted by atomic mass is 16.5. The minimum Gasteiger partial charge on any atom is -0.457 e. The van der Waals surface area contributed by atoms with Gasteiger partial charge in [-0.2, -0.15) is 0 Å². The third kappa shape index (κ3) is 4.66. The minimum absolute atomic E-state index is 0.496. The van der Waals surface area contributed by atoms with Crippen LogP contribution in [0.4, 0.5) is 0 Å². The first-order chi connectivity index (χ1) is 11.7. The van der Waals surface area contributed by atoms with Crippen molar-refractivity contribution in [2.75, 3.05) is 0 Å². The number of rotatable bonds is 6. The van der Waals surface area contributed by atoms with E-state index in [9.17, 15) is 0 Å². The highest BCUT2D eigenvalue weighted by Gasteiger charge is 2.14. The van der Waals surface area contributed by atoms with E-state index in [0.29, 0.717) is 23.7 Å². The second-order valence-corrected chi connectivity index (χ2v) is 8.30. The summed E-state index contributed by atoms with van der Waals surface area (Å²) >= 11 is 0. The fourth-order valence-electron chi connectivity index (χ4n) is 3.42. The van der Waals surface area contributed by atoms with Gasteiger partial charge in [-0.1, -0.05) is 67.5 Å². The summed E-state index contributed by atoms with van der Waals surface area (Å²) in [5.41, 5.74) is 5.60. The lowest BCUT2D eigenvalue weighted by Crippen LogP contribution is -2.01. The topological polar surface area (TPSA) is 9.23 Å². The van der Waals surface area contributed by atoms with Gasteiger partial charge in [0.2, 0.25) is 0 Å². The number of benzene rings is 2. The van der Waals surface area contributed by atoms with E-state index in [-0.39, 0.29) is 0 Å². The van der Waals surface area contributed by atoms with Crippen LogP contribution in [0.25, 0.3) is 0 Å². The molecule has 0 saturated heterocycles. The van der Waals surface area contributed by atoms with E-state index in [1.54, 1.807) is 0 Å². The fraction of sp³-hybridized carbons (Fsp3) is 0.500. The average molecular weight is 339 g/mol. The predicted octanol–water partition coefficient (Wildman–Crippen LogP) is 7.97. The second kappa shape index (κ2) is 8.08. The Morgan fingerprint density at radius 1 is 0.480 bits per heavy atom. The molecule has 0 N–H and O–H groups in total. The largest absolute Gasteiger partial charge is 0.457 e. The van der Waals surface area contributed by atoms with Crippen molar-refractivity contribution in [2.24, 2.45) is 0 Å². The van der Waals surface area contributed by atoms with Crippen molar-refractivity contribution in [1.29, 1.82) is 0 Å². The van der Waals surface area contributed by atoms with Crippen LogP contribution in [0.5, 0.6) is 11.5 Å². The maximum Gasteiger partial charge on any atom is 0.127 e. The molecule has 0 bridgehead atoms. The highest BCUT2D eigenvalue weighted by Crippen LogP contribution is 2.34. The summed E-state index contributed by atoms with van der Waals surface area (Å²) in [5.74, 6) is 3.92. The fourth-order valence-corrected chi connectivity index (χ4v) is 3.42. The monoisotopic (exact) mass is 338 g/mol. The number of hydrogen-bond donors (Lipinski definition) is 0. The Hall–Kier alpha value is -1.76. The Bertz CT molecular complexity index is 647. The summed E-state index contributed by atoms with van der Waals surface area (Å²) in [5, 5.41) is 0. The second-order valence-electron chi connectivity index (χ2n) is 8.30. The first-order valence-electron chi connectivity index (χ1n) is 9.66. The summed E-state index contributed by atoms with van der Waals surface area (Å²) in [6.07, 6.45) is 0. The Morgan fingerprint density at radius 3 is 1.08 bits per heavy atom. The molecule has 0 aliphatic rings. The van der Waals surface area contributed by atoms with Gasteiger partial charge in [0.25, 0.3) is 0 Å².